The monoisotopic (exact) mass is 263 g/mol. The van der Waals surface area contributed by atoms with Crippen molar-refractivity contribution in [1.82, 2.24) is 5.32 Å². The van der Waals surface area contributed by atoms with Crippen LogP contribution >= 0.6 is 0 Å². The van der Waals surface area contributed by atoms with Crippen molar-refractivity contribution in [3.8, 4) is 5.75 Å². The highest BCUT2D eigenvalue weighted by Crippen LogP contribution is 2.29. The first kappa shape index (κ1) is 12.9. The van der Waals surface area contributed by atoms with Gasteiger partial charge in [-0.15, -0.1) is 0 Å². The summed E-state index contributed by atoms with van der Waals surface area (Å²) < 4.78 is 19.0. The molecule has 0 amide bonds. The summed E-state index contributed by atoms with van der Waals surface area (Å²) in [5.41, 5.74) is 1.01. The third-order valence-corrected chi connectivity index (χ3v) is 4.25. The number of halogens is 1. The second kappa shape index (κ2) is 5.91. The molecular weight excluding hydrogens is 241 g/mol. The Morgan fingerprint density at radius 3 is 2.74 bits per heavy atom. The van der Waals surface area contributed by atoms with Gasteiger partial charge in [0.25, 0.3) is 0 Å². The van der Waals surface area contributed by atoms with Crippen molar-refractivity contribution < 1.29 is 9.13 Å². The van der Waals surface area contributed by atoms with E-state index >= 15 is 0 Å². The number of fused-ring (bicyclic) bond motifs is 1. The summed E-state index contributed by atoms with van der Waals surface area (Å²) in [6.07, 6.45) is 9.00. The molecule has 1 saturated carbocycles. The number of ether oxygens (including phenoxy) is 1. The summed E-state index contributed by atoms with van der Waals surface area (Å²) in [7, 11) is 0. The third-order valence-electron chi connectivity index (χ3n) is 4.25. The first-order valence-electron chi connectivity index (χ1n) is 7.50. The largest absolute Gasteiger partial charge is 0.488 e. The van der Waals surface area contributed by atoms with Gasteiger partial charge in [-0.3, -0.25) is 0 Å². The molecule has 1 heterocycles. The van der Waals surface area contributed by atoms with Crippen LogP contribution in [0.4, 0.5) is 4.39 Å². The highest BCUT2D eigenvalue weighted by Gasteiger charge is 2.24. The third kappa shape index (κ3) is 3.27. The molecule has 2 nitrogen and oxygen atoms in total. The van der Waals surface area contributed by atoms with Crippen molar-refractivity contribution in [2.45, 2.75) is 57.1 Å². The van der Waals surface area contributed by atoms with Crippen molar-refractivity contribution >= 4 is 0 Å². The summed E-state index contributed by atoms with van der Waals surface area (Å²) in [6, 6.07) is 5.46. The van der Waals surface area contributed by atoms with Crippen LogP contribution in [0.25, 0.3) is 0 Å². The lowest BCUT2D eigenvalue weighted by atomic mass is 10.1. The molecule has 1 aliphatic carbocycles. The van der Waals surface area contributed by atoms with E-state index in [1.807, 2.05) is 0 Å². The van der Waals surface area contributed by atoms with E-state index in [4.69, 9.17) is 4.74 Å². The Morgan fingerprint density at radius 1 is 1.16 bits per heavy atom. The first-order chi connectivity index (χ1) is 9.31. The maximum Gasteiger partial charge on any atom is 0.123 e. The van der Waals surface area contributed by atoms with Crippen LogP contribution in [0.5, 0.6) is 5.75 Å². The second-order valence-electron chi connectivity index (χ2n) is 5.79. The Hall–Kier alpha value is -1.09. The molecular formula is C16H22FNO. The predicted molar refractivity (Wildman–Crippen MR) is 74.0 cm³/mol. The SMILES string of the molecule is Fc1ccc2c(c1)CC(CNC1CCCCCC1)O2. The van der Waals surface area contributed by atoms with Gasteiger partial charge in [0.15, 0.2) is 0 Å². The van der Waals surface area contributed by atoms with Gasteiger partial charge in [-0.1, -0.05) is 25.7 Å². The molecule has 1 fully saturated rings. The van der Waals surface area contributed by atoms with Gasteiger partial charge in [-0.25, -0.2) is 4.39 Å². The zero-order chi connectivity index (χ0) is 13.1. The standard InChI is InChI=1S/C16H22FNO/c17-13-7-8-16-12(9-13)10-15(19-16)11-18-14-5-3-1-2-4-6-14/h7-9,14-15,18H,1-6,10-11H2. The number of hydrogen-bond acceptors (Lipinski definition) is 2. The van der Waals surface area contributed by atoms with Gasteiger partial charge in [0.05, 0.1) is 0 Å². The van der Waals surface area contributed by atoms with Gasteiger partial charge in [0.2, 0.25) is 0 Å². The second-order valence-corrected chi connectivity index (χ2v) is 5.79. The molecule has 2 aliphatic rings. The van der Waals surface area contributed by atoms with Crippen LogP contribution in [0.1, 0.15) is 44.1 Å². The molecule has 3 heteroatoms. The molecule has 1 N–H and O–H groups in total. The minimum atomic E-state index is -0.167. The lowest BCUT2D eigenvalue weighted by Gasteiger charge is -2.19. The molecule has 3 rings (SSSR count). The minimum absolute atomic E-state index is 0.167. The highest BCUT2D eigenvalue weighted by atomic mass is 19.1. The van der Waals surface area contributed by atoms with Crippen LogP contribution in [-0.4, -0.2) is 18.7 Å². The van der Waals surface area contributed by atoms with Crippen LogP contribution in [-0.2, 0) is 6.42 Å². The molecule has 1 atom stereocenters. The zero-order valence-electron chi connectivity index (χ0n) is 11.3. The van der Waals surface area contributed by atoms with E-state index in [0.717, 1.165) is 24.3 Å². The Bertz CT molecular complexity index is 427. The number of hydrogen-bond donors (Lipinski definition) is 1. The van der Waals surface area contributed by atoms with E-state index in [1.165, 1.54) is 44.6 Å². The summed E-state index contributed by atoms with van der Waals surface area (Å²) in [6.45, 7) is 0.876. The maximum atomic E-state index is 13.1. The average Bonchev–Trinajstić information content (AvgIpc) is 2.63. The van der Waals surface area contributed by atoms with Gasteiger partial charge in [0.1, 0.15) is 17.7 Å². The van der Waals surface area contributed by atoms with Crippen LogP contribution in [0.15, 0.2) is 18.2 Å². The van der Waals surface area contributed by atoms with Crippen molar-refractivity contribution in [1.29, 1.82) is 0 Å². The van der Waals surface area contributed by atoms with E-state index in [2.05, 4.69) is 5.32 Å². The smallest absolute Gasteiger partial charge is 0.123 e. The fourth-order valence-electron chi connectivity index (χ4n) is 3.18. The normalized spacial score (nSPS) is 23.7. The van der Waals surface area contributed by atoms with Crippen molar-refractivity contribution in [3.63, 3.8) is 0 Å². The number of nitrogens with one attached hydrogen (secondary N) is 1. The van der Waals surface area contributed by atoms with E-state index in [-0.39, 0.29) is 11.9 Å². The van der Waals surface area contributed by atoms with Gasteiger partial charge < -0.3 is 10.1 Å². The molecule has 1 unspecified atom stereocenters. The van der Waals surface area contributed by atoms with Crippen LogP contribution in [0, 0.1) is 5.82 Å². The molecule has 0 radical (unpaired) electrons. The Kier molecular flexibility index (Phi) is 4.02. The Labute approximate surface area is 114 Å². The number of benzene rings is 1. The van der Waals surface area contributed by atoms with Crippen LogP contribution < -0.4 is 10.1 Å². The topological polar surface area (TPSA) is 21.3 Å². The fraction of sp³-hybridized carbons (Fsp3) is 0.625. The number of rotatable bonds is 3. The molecule has 19 heavy (non-hydrogen) atoms. The minimum Gasteiger partial charge on any atom is -0.488 e. The molecule has 0 bridgehead atoms. The van der Waals surface area contributed by atoms with Crippen LogP contribution in [0.3, 0.4) is 0 Å². The van der Waals surface area contributed by atoms with Gasteiger partial charge in [0, 0.05) is 24.6 Å². The molecule has 1 aromatic rings. The summed E-state index contributed by atoms with van der Waals surface area (Å²) in [5, 5.41) is 3.63. The van der Waals surface area contributed by atoms with E-state index in [1.54, 1.807) is 12.1 Å². The van der Waals surface area contributed by atoms with E-state index in [0.29, 0.717) is 6.04 Å². The van der Waals surface area contributed by atoms with Gasteiger partial charge in [-0.2, -0.15) is 0 Å². The molecule has 0 saturated heterocycles. The predicted octanol–water partition coefficient (Wildman–Crippen LogP) is 3.44. The average molecular weight is 263 g/mol. The summed E-state index contributed by atoms with van der Waals surface area (Å²) in [4.78, 5) is 0. The maximum absolute atomic E-state index is 13.1. The first-order valence-corrected chi connectivity index (χ1v) is 7.50. The lowest BCUT2D eigenvalue weighted by Crippen LogP contribution is -2.37. The van der Waals surface area contributed by atoms with Crippen molar-refractivity contribution in [2.75, 3.05) is 6.54 Å². The van der Waals surface area contributed by atoms with Crippen molar-refractivity contribution in [2.24, 2.45) is 0 Å². The van der Waals surface area contributed by atoms with Gasteiger partial charge in [-0.05, 0) is 31.0 Å². The lowest BCUT2D eigenvalue weighted by molar-refractivity contribution is 0.218. The van der Waals surface area contributed by atoms with E-state index in [9.17, 15) is 4.39 Å². The Morgan fingerprint density at radius 2 is 1.95 bits per heavy atom. The van der Waals surface area contributed by atoms with E-state index < -0.39 is 0 Å². The summed E-state index contributed by atoms with van der Waals surface area (Å²) >= 11 is 0. The highest BCUT2D eigenvalue weighted by molar-refractivity contribution is 5.37. The van der Waals surface area contributed by atoms with Crippen molar-refractivity contribution in [3.05, 3.63) is 29.6 Å². The van der Waals surface area contributed by atoms with Crippen LogP contribution in [0.2, 0.25) is 0 Å². The molecule has 0 aromatic heterocycles. The molecule has 1 aliphatic heterocycles. The molecule has 0 spiro atoms. The molecule has 104 valence electrons. The quantitative estimate of drug-likeness (QED) is 0.843. The fourth-order valence-corrected chi connectivity index (χ4v) is 3.18. The molecule has 1 aromatic carbocycles. The Balaban J connectivity index is 1.50. The summed E-state index contributed by atoms with van der Waals surface area (Å²) in [5.74, 6) is 0.689. The van der Waals surface area contributed by atoms with Gasteiger partial charge >= 0.3 is 0 Å². The zero-order valence-corrected chi connectivity index (χ0v) is 11.3.